The van der Waals surface area contributed by atoms with Crippen molar-refractivity contribution in [2.45, 2.75) is 13.3 Å². The smallest absolute Gasteiger partial charge is 0.105 e. The van der Waals surface area contributed by atoms with Crippen LogP contribution in [0.25, 0.3) is 0 Å². The quantitative estimate of drug-likeness (QED) is 0.853. The molecule has 1 aliphatic rings. The first kappa shape index (κ1) is 14.8. The molecule has 0 radical (unpaired) electrons. The SMILES string of the molecule is CCCN1CCN(c2ccc(C(N)=S)c(Br)c2)CC1. The zero-order valence-corrected chi connectivity index (χ0v) is 13.6. The van der Waals surface area contributed by atoms with Crippen LogP contribution in [0.3, 0.4) is 0 Å². The highest BCUT2D eigenvalue weighted by molar-refractivity contribution is 9.10. The molecule has 1 aromatic rings. The van der Waals surface area contributed by atoms with Crippen molar-refractivity contribution in [3.8, 4) is 0 Å². The Hall–Kier alpha value is -0.650. The zero-order chi connectivity index (χ0) is 13.8. The maximum Gasteiger partial charge on any atom is 0.105 e. The van der Waals surface area contributed by atoms with E-state index in [1.54, 1.807) is 0 Å². The molecule has 19 heavy (non-hydrogen) atoms. The highest BCUT2D eigenvalue weighted by Crippen LogP contribution is 2.25. The van der Waals surface area contributed by atoms with Crippen molar-refractivity contribution in [2.75, 3.05) is 37.6 Å². The van der Waals surface area contributed by atoms with Gasteiger partial charge in [-0.15, -0.1) is 0 Å². The van der Waals surface area contributed by atoms with E-state index in [4.69, 9.17) is 18.0 Å². The van der Waals surface area contributed by atoms with Crippen LogP contribution in [-0.2, 0) is 0 Å². The highest BCUT2D eigenvalue weighted by Gasteiger charge is 2.17. The van der Waals surface area contributed by atoms with Gasteiger partial charge in [0.1, 0.15) is 4.99 Å². The van der Waals surface area contributed by atoms with Crippen molar-refractivity contribution < 1.29 is 0 Å². The van der Waals surface area contributed by atoms with Gasteiger partial charge in [-0.05, 0) is 47.1 Å². The van der Waals surface area contributed by atoms with Gasteiger partial charge in [0.05, 0.1) is 0 Å². The molecule has 104 valence electrons. The Morgan fingerprint density at radius 1 is 1.32 bits per heavy atom. The summed E-state index contributed by atoms with van der Waals surface area (Å²) in [4.78, 5) is 5.38. The lowest BCUT2D eigenvalue weighted by Gasteiger charge is -2.36. The minimum Gasteiger partial charge on any atom is -0.389 e. The molecule has 0 aromatic heterocycles. The summed E-state index contributed by atoms with van der Waals surface area (Å²) in [6.07, 6.45) is 1.23. The van der Waals surface area contributed by atoms with Crippen LogP contribution in [0.15, 0.2) is 22.7 Å². The van der Waals surface area contributed by atoms with Gasteiger partial charge < -0.3 is 10.6 Å². The third-order valence-electron chi connectivity index (χ3n) is 3.50. The Bertz CT molecular complexity index is 456. The van der Waals surface area contributed by atoms with E-state index in [2.05, 4.69) is 44.8 Å². The number of benzene rings is 1. The fraction of sp³-hybridized carbons (Fsp3) is 0.500. The average molecular weight is 342 g/mol. The van der Waals surface area contributed by atoms with Crippen LogP contribution < -0.4 is 10.6 Å². The van der Waals surface area contributed by atoms with E-state index >= 15 is 0 Å². The Morgan fingerprint density at radius 3 is 2.53 bits per heavy atom. The van der Waals surface area contributed by atoms with Gasteiger partial charge in [-0.1, -0.05) is 19.1 Å². The number of thiocarbonyl (C=S) groups is 1. The van der Waals surface area contributed by atoms with E-state index in [0.29, 0.717) is 4.99 Å². The standard InChI is InChI=1S/C14H20BrN3S/c1-2-5-17-6-8-18(9-7-17)11-3-4-12(14(16)19)13(15)10-11/h3-4,10H,2,5-9H2,1H3,(H2,16,19). The summed E-state index contributed by atoms with van der Waals surface area (Å²) < 4.78 is 0.980. The lowest BCUT2D eigenvalue weighted by atomic mass is 10.1. The van der Waals surface area contributed by atoms with Crippen LogP contribution in [0, 0.1) is 0 Å². The lowest BCUT2D eigenvalue weighted by Crippen LogP contribution is -2.46. The fourth-order valence-corrected chi connectivity index (χ4v) is 3.34. The van der Waals surface area contributed by atoms with Gasteiger partial charge >= 0.3 is 0 Å². The molecule has 3 nitrogen and oxygen atoms in total. The Balaban J connectivity index is 2.04. The molecule has 0 amide bonds. The Morgan fingerprint density at radius 2 is 2.00 bits per heavy atom. The zero-order valence-electron chi connectivity index (χ0n) is 11.2. The molecule has 0 spiro atoms. The van der Waals surface area contributed by atoms with E-state index in [1.165, 1.54) is 18.7 Å². The van der Waals surface area contributed by atoms with E-state index in [0.717, 1.165) is 36.2 Å². The van der Waals surface area contributed by atoms with Crippen LogP contribution in [0.4, 0.5) is 5.69 Å². The third-order valence-corrected chi connectivity index (χ3v) is 4.37. The van der Waals surface area contributed by atoms with Crippen molar-refractivity contribution in [1.82, 2.24) is 4.90 Å². The van der Waals surface area contributed by atoms with Crippen LogP contribution in [-0.4, -0.2) is 42.6 Å². The minimum absolute atomic E-state index is 0.436. The van der Waals surface area contributed by atoms with E-state index in [1.807, 2.05) is 6.07 Å². The average Bonchev–Trinajstić information content (AvgIpc) is 2.39. The molecule has 0 saturated carbocycles. The van der Waals surface area contributed by atoms with Gasteiger partial charge in [-0.2, -0.15) is 0 Å². The molecular weight excluding hydrogens is 322 g/mol. The Labute approximate surface area is 128 Å². The number of rotatable bonds is 4. The molecule has 1 fully saturated rings. The first-order valence-electron chi connectivity index (χ1n) is 6.68. The predicted molar refractivity (Wildman–Crippen MR) is 89.0 cm³/mol. The normalized spacial score (nSPS) is 16.6. The summed E-state index contributed by atoms with van der Waals surface area (Å²) in [6, 6.07) is 6.22. The van der Waals surface area contributed by atoms with Crippen molar-refractivity contribution in [2.24, 2.45) is 5.73 Å². The fourth-order valence-electron chi connectivity index (χ4n) is 2.45. The van der Waals surface area contributed by atoms with Crippen LogP contribution >= 0.6 is 28.1 Å². The summed E-state index contributed by atoms with van der Waals surface area (Å²) >= 11 is 8.57. The molecule has 0 atom stereocenters. The Kier molecular flexibility index (Phi) is 5.19. The van der Waals surface area contributed by atoms with Gasteiger partial charge in [-0.3, -0.25) is 4.90 Å². The maximum atomic E-state index is 5.68. The molecule has 5 heteroatoms. The molecule has 1 saturated heterocycles. The second kappa shape index (κ2) is 6.68. The van der Waals surface area contributed by atoms with Crippen LogP contribution in [0.1, 0.15) is 18.9 Å². The molecule has 1 aliphatic heterocycles. The number of anilines is 1. The molecule has 0 bridgehead atoms. The molecule has 1 heterocycles. The monoisotopic (exact) mass is 341 g/mol. The van der Waals surface area contributed by atoms with E-state index in [-0.39, 0.29) is 0 Å². The van der Waals surface area contributed by atoms with Crippen LogP contribution in [0.5, 0.6) is 0 Å². The van der Waals surface area contributed by atoms with Gasteiger partial charge in [0, 0.05) is 41.9 Å². The minimum atomic E-state index is 0.436. The first-order chi connectivity index (χ1) is 9.11. The predicted octanol–water partition coefficient (Wildman–Crippen LogP) is 2.62. The van der Waals surface area contributed by atoms with Gasteiger partial charge in [0.2, 0.25) is 0 Å². The third kappa shape index (κ3) is 3.68. The molecule has 2 N–H and O–H groups in total. The number of piperazine rings is 1. The lowest BCUT2D eigenvalue weighted by molar-refractivity contribution is 0.258. The van der Waals surface area contributed by atoms with Gasteiger partial charge in [0.15, 0.2) is 0 Å². The number of nitrogens with two attached hydrogens (primary N) is 1. The number of halogens is 1. The van der Waals surface area contributed by atoms with Crippen molar-refractivity contribution in [3.63, 3.8) is 0 Å². The second-order valence-electron chi connectivity index (χ2n) is 4.86. The molecule has 0 aliphatic carbocycles. The van der Waals surface area contributed by atoms with E-state index < -0.39 is 0 Å². The molecule has 0 unspecified atom stereocenters. The molecule has 2 rings (SSSR count). The number of nitrogens with zero attached hydrogens (tertiary/aromatic N) is 2. The maximum absolute atomic E-state index is 5.68. The summed E-state index contributed by atoms with van der Waals surface area (Å²) in [5, 5.41) is 0. The summed E-state index contributed by atoms with van der Waals surface area (Å²) in [5.41, 5.74) is 7.82. The van der Waals surface area contributed by atoms with Gasteiger partial charge in [0.25, 0.3) is 0 Å². The topological polar surface area (TPSA) is 32.5 Å². The second-order valence-corrected chi connectivity index (χ2v) is 6.15. The molecular formula is C14H20BrN3S. The summed E-state index contributed by atoms with van der Waals surface area (Å²) in [6.45, 7) is 7.89. The van der Waals surface area contributed by atoms with Gasteiger partial charge in [-0.25, -0.2) is 0 Å². The highest BCUT2D eigenvalue weighted by atomic mass is 79.9. The van der Waals surface area contributed by atoms with Crippen molar-refractivity contribution in [3.05, 3.63) is 28.2 Å². The number of hydrogen-bond donors (Lipinski definition) is 1. The van der Waals surface area contributed by atoms with Crippen molar-refractivity contribution >= 4 is 38.8 Å². The van der Waals surface area contributed by atoms with E-state index in [9.17, 15) is 0 Å². The van der Waals surface area contributed by atoms with Crippen LogP contribution in [0.2, 0.25) is 0 Å². The number of hydrogen-bond acceptors (Lipinski definition) is 3. The molecule has 1 aromatic carbocycles. The summed E-state index contributed by atoms with van der Waals surface area (Å²) in [7, 11) is 0. The summed E-state index contributed by atoms with van der Waals surface area (Å²) in [5.74, 6) is 0. The first-order valence-corrected chi connectivity index (χ1v) is 7.88. The largest absolute Gasteiger partial charge is 0.389 e. The van der Waals surface area contributed by atoms with Crippen molar-refractivity contribution in [1.29, 1.82) is 0 Å².